The summed E-state index contributed by atoms with van der Waals surface area (Å²) in [5.74, 6) is 0. The highest BCUT2D eigenvalue weighted by molar-refractivity contribution is 5.66. The first-order valence-corrected chi connectivity index (χ1v) is 5.92. The first-order chi connectivity index (χ1) is 7.76. The zero-order chi connectivity index (χ0) is 11.8. The van der Waals surface area contributed by atoms with Gasteiger partial charge in [0.25, 0.3) is 0 Å². The Morgan fingerprint density at radius 3 is 3.00 bits per heavy atom. The van der Waals surface area contributed by atoms with Crippen LogP contribution in [0.5, 0.6) is 0 Å². The second-order valence-corrected chi connectivity index (χ2v) is 4.05. The van der Waals surface area contributed by atoms with E-state index in [9.17, 15) is 4.79 Å². The molecule has 1 heterocycles. The highest BCUT2D eigenvalue weighted by atomic mass is 16.5. The molecule has 1 atom stereocenters. The number of likely N-dealkylation sites (tertiary alicyclic amines) is 1. The van der Waals surface area contributed by atoms with Crippen LogP contribution in [0.2, 0.25) is 0 Å². The molecule has 1 fully saturated rings. The van der Waals surface area contributed by atoms with Crippen LogP contribution < -0.4 is 5.32 Å². The van der Waals surface area contributed by atoms with Gasteiger partial charge in [0.15, 0.2) is 0 Å². The van der Waals surface area contributed by atoms with Gasteiger partial charge in [-0.1, -0.05) is 13.3 Å². The number of hydrogen-bond donors (Lipinski definition) is 1. The van der Waals surface area contributed by atoms with Crippen molar-refractivity contribution in [1.82, 2.24) is 10.2 Å². The lowest BCUT2D eigenvalue weighted by Crippen LogP contribution is -2.37. The van der Waals surface area contributed by atoms with Crippen LogP contribution >= 0.6 is 0 Å². The predicted octanol–water partition coefficient (Wildman–Crippen LogP) is 1.19. The molecule has 0 spiro atoms. The Kier molecular flexibility index (Phi) is 6.18. The number of unbranched alkanes of at least 4 members (excludes halogenated alkanes) is 1. The standard InChI is InChI=1S/C11H22N2O3/c1-3-4-7-16-11(14)12-9-13-6-5-10(8-13)15-2/h10H,3-9H2,1-2H3,(H,12,14). The van der Waals surface area contributed by atoms with Gasteiger partial charge < -0.3 is 14.8 Å². The van der Waals surface area contributed by atoms with Crippen LogP contribution in [0.1, 0.15) is 26.2 Å². The Morgan fingerprint density at radius 2 is 2.38 bits per heavy atom. The van der Waals surface area contributed by atoms with Crippen molar-refractivity contribution in [1.29, 1.82) is 0 Å². The van der Waals surface area contributed by atoms with Crippen molar-refractivity contribution in [2.75, 3.05) is 33.5 Å². The molecular formula is C11H22N2O3. The molecule has 0 saturated carbocycles. The molecule has 1 saturated heterocycles. The number of amides is 1. The van der Waals surface area contributed by atoms with E-state index >= 15 is 0 Å². The number of alkyl carbamates (subject to hydrolysis) is 1. The Bertz CT molecular complexity index is 211. The number of carbonyl (C=O) groups is 1. The molecule has 1 rings (SSSR count). The van der Waals surface area contributed by atoms with E-state index in [1.54, 1.807) is 7.11 Å². The molecule has 0 aromatic carbocycles. The number of hydrogen-bond acceptors (Lipinski definition) is 4. The molecule has 1 N–H and O–H groups in total. The number of carbonyl (C=O) groups excluding carboxylic acids is 1. The average Bonchev–Trinajstić information content (AvgIpc) is 2.74. The summed E-state index contributed by atoms with van der Waals surface area (Å²) in [5, 5.41) is 2.74. The zero-order valence-corrected chi connectivity index (χ0v) is 10.2. The van der Waals surface area contributed by atoms with Crippen molar-refractivity contribution < 1.29 is 14.3 Å². The third-order valence-corrected chi connectivity index (χ3v) is 2.74. The molecule has 1 amide bonds. The number of ether oxygens (including phenoxy) is 2. The highest BCUT2D eigenvalue weighted by Crippen LogP contribution is 2.10. The minimum atomic E-state index is -0.325. The van der Waals surface area contributed by atoms with E-state index in [0.717, 1.165) is 32.4 Å². The summed E-state index contributed by atoms with van der Waals surface area (Å²) < 4.78 is 10.2. The summed E-state index contributed by atoms with van der Waals surface area (Å²) in [6.07, 6.45) is 2.97. The quantitative estimate of drug-likeness (QED) is 0.696. The first kappa shape index (κ1) is 13.3. The summed E-state index contributed by atoms with van der Waals surface area (Å²) >= 11 is 0. The molecule has 0 aliphatic carbocycles. The largest absolute Gasteiger partial charge is 0.450 e. The summed E-state index contributed by atoms with van der Waals surface area (Å²) in [6.45, 7) is 4.96. The van der Waals surface area contributed by atoms with Crippen molar-refractivity contribution >= 4 is 6.09 Å². The van der Waals surface area contributed by atoms with Crippen LogP contribution in [0.25, 0.3) is 0 Å². The summed E-state index contributed by atoms with van der Waals surface area (Å²) in [4.78, 5) is 13.4. The summed E-state index contributed by atoms with van der Waals surface area (Å²) in [7, 11) is 1.72. The molecule has 94 valence electrons. The molecule has 0 bridgehead atoms. The van der Waals surface area contributed by atoms with Gasteiger partial charge >= 0.3 is 6.09 Å². The molecule has 1 aliphatic heterocycles. The predicted molar refractivity (Wildman–Crippen MR) is 61.2 cm³/mol. The number of nitrogens with zero attached hydrogens (tertiary/aromatic N) is 1. The van der Waals surface area contributed by atoms with Gasteiger partial charge in [-0.05, 0) is 12.8 Å². The molecule has 1 unspecified atom stereocenters. The first-order valence-electron chi connectivity index (χ1n) is 5.92. The van der Waals surface area contributed by atoms with E-state index < -0.39 is 0 Å². The van der Waals surface area contributed by atoms with Crippen molar-refractivity contribution in [3.05, 3.63) is 0 Å². The monoisotopic (exact) mass is 230 g/mol. The second-order valence-electron chi connectivity index (χ2n) is 4.05. The van der Waals surface area contributed by atoms with E-state index in [-0.39, 0.29) is 6.09 Å². The van der Waals surface area contributed by atoms with Crippen LogP contribution in [-0.4, -0.2) is 50.6 Å². The molecule has 16 heavy (non-hydrogen) atoms. The van der Waals surface area contributed by atoms with E-state index in [4.69, 9.17) is 9.47 Å². The van der Waals surface area contributed by atoms with E-state index in [2.05, 4.69) is 17.1 Å². The fourth-order valence-corrected chi connectivity index (χ4v) is 1.67. The maximum Gasteiger partial charge on any atom is 0.408 e. The van der Waals surface area contributed by atoms with Crippen LogP contribution in [0.15, 0.2) is 0 Å². The van der Waals surface area contributed by atoms with Crippen molar-refractivity contribution in [3.63, 3.8) is 0 Å². The molecule has 5 heteroatoms. The average molecular weight is 230 g/mol. The Balaban J connectivity index is 2.04. The maximum absolute atomic E-state index is 11.2. The fraction of sp³-hybridized carbons (Fsp3) is 0.909. The van der Waals surface area contributed by atoms with Gasteiger partial charge in [0.1, 0.15) is 0 Å². The zero-order valence-electron chi connectivity index (χ0n) is 10.2. The van der Waals surface area contributed by atoms with Gasteiger partial charge in [-0.3, -0.25) is 4.90 Å². The van der Waals surface area contributed by atoms with Crippen LogP contribution in [0.3, 0.4) is 0 Å². The lowest BCUT2D eigenvalue weighted by molar-refractivity contribution is 0.104. The van der Waals surface area contributed by atoms with Crippen LogP contribution in [-0.2, 0) is 9.47 Å². The molecule has 0 aromatic heterocycles. The normalized spacial score (nSPS) is 21.0. The van der Waals surface area contributed by atoms with Gasteiger partial charge in [-0.2, -0.15) is 0 Å². The van der Waals surface area contributed by atoms with Crippen LogP contribution in [0, 0.1) is 0 Å². The van der Waals surface area contributed by atoms with Gasteiger partial charge in [0, 0.05) is 20.2 Å². The van der Waals surface area contributed by atoms with Gasteiger partial charge in [0.2, 0.25) is 0 Å². The third-order valence-electron chi connectivity index (χ3n) is 2.74. The maximum atomic E-state index is 11.2. The van der Waals surface area contributed by atoms with Crippen molar-refractivity contribution in [2.24, 2.45) is 0 Å². The van der Waals surface area contributed by atoms with Crippen molar-refractivity contribution in [2.45, 2.75) is 32.3 Å². The summed E-state index contributed by atoms with van der Waals surface area (Å²) in [5.41, 5.74) is 0. The number of nitrogens with one attached hydrogen (secondary N) is 1. The Morgan fingerprint density at radius 1 is 1.56 bits per heavy atom. The highest BCUT2D eigenvalue weighted by Gasteiger charge is 2.21. The van der Waals surface area contributed by atoms with E-state index in [1.165, 1.54) is 0 Å². The van der Waals surface area contributed by atoms with Gasteiger partial charge in [-0.15, -0.1) is 0 Å². The Labute approximate surface area is 97.1 Å². The molecule has 5 nitrogen and oxygen atoms in total. The summed E-state index contributed by atoms with van der Waals surface area (Å²) in [6, 6.07) is 0. The SMILES string of the molecule is CCCCOC(=O)NCN1CCC(OC)C1. The third kappa shape index (κ3) is 4.81. The number of methoxy groups -OCH3 is 1. The lowest BCUT2D eigenvalue weighted by atomic mass is 10.3. The van der Waals surface area contributed by atoms with Crippen LogP contribution in [0.4, 0.5) is 4.79 Å². The molecule has 0 radical (unpaired) electrons. The number of rotatable bonds is 6. The topological polar surface area (TPSA) is 50.8 Å². The minimum absolute atomic E-state index is 0.304. The van der Waals surface area contributed by atoms with E-state index in [1.807, 2.05) is 0 Å². The molecule has 1 aliphatic rings. The molecule has 0 aromatic rings. The van der Waals surface area contributed by atoms with Gasteiger partial charge in [0.05, 0.1) is 19.4 Å². The second kappa shape index (κ2) is 7.46. The lowest BCUT2D eigenvalue weighted by Gasteiger charge is -2.16. The minimum Gasteiger partial charge on any atom is -0.450 e. The van der Waals surface area contributed by atoms with Gasteiger partial charge in [-0.25, -0.2) is 4.79 Å². The van der Waals surface area contributed by atoms with Crippen molar-refractivity contribution in [3.8, 4) is 0 Å². The van der Waals surface area contributed by atoms with E-state index in [0.29, 0.717) is 19.4 Å². The molecular weight excluding hydrogens is 208 g/mol. The smallest absolute Gasteiger partial charge is 0.408 e. The Hall–Kier alpha value is -0.810. The fourth-order valence-electron chi connectivity index (χ4n) is 1.67.